The van der Waals surface area contributed by atoms with E-state index in [0.717, 1.165) is 31.3 Å². The normalized spacial score (nSPS) is 36.1. The second-order valence-corrected chi connectivity index (χ2v) is 13.4. The quantitative estimate of drug-likeness (QED) is 0.306. The molecule has 38 heavy (non-hydrogen) atoms. The molecule has 0 spiro atoms. The van der Waals surface area contributed by atoms with Crippen LogP contribution < -0.4 is 16.4 Å². The van der Waals surface area contributed by atoms with Crippen LogP contribution in [0.3, 0.4) is 0 Å². The number of rotatable bonds is 8. The van der Waals surface area contributed by atoms with Crippen molar-refractivity contribution < 1.29 is 19.1 Å². The van der Waals surface area contributed by atoms with Gasteiger partial charge in [0, 0.05) is 28.4 Å². The maximum Gasteiger partial charge on any atom is 0.336 e. The number of amides is 1. The van der Waals surface area contributed by atoms with E-state index in [1.807, 2.05) is 19.1 Å². The molecule has 6 rings (SSSR count). The van der Waals surface area contributed by atoms with E-state index in [4.69, 9.17) is 26.8 Å². The Bertz CT molecular complexity index is 1130. The van der Waals surface area contributed by atoms with Gasteiger partial charge in [-0.1, -0.05) is 37.6 Å². The predicted octanol–water partition coefficient (Wildman–Crippen LogP) is 4.59. The number of esters is 1. The topological polar surface area (TPSA) is 103 Å². The van der Waals surface area contributed by atoms with Gasteiger partial charge in [-0.05, 0) is 80.6 Å². The third-order valence-electron chi connectivity index (χ3n) is 9.26. The van der Waals surface area contributed by atoms with Crippen molar-refractivity contribution in [2.45, 2.75) is 77.7 Å². The van der Waals surface area contributed by atoms with Crippen LogP contribution in [-0.4, -0.2) is 44.3 Å². The van der Waals surface area contributed by atoms with Gasteiger partial charge in [0.2, 0.25) is 5.91 Å². The molecule has 6 aliphatic rings. The molecule has 1 aliphatic heterocycles. The zero-order valence-corrected chi connectivity index (χ0v) is 23.9. The van der Waals surface area contributed by atoms with E-state index in [9.17, 15) is 9.59 Å². The summed E-state index contributed by atoms with van der Waals surface area (Å²) in [6.07, 6.45) is 12.3. The van der Waals surface area contributed by atoms with Crippen molar-refractivity contribution >= 4 is 23.5 Å². The van der Waals surface area contributed by atoms with Crippen LogP contribution in [0.25, 0.3) is 0 Å². The third-order valence-corrected chi connectivity index (χ3v) is 9.67. The summed E-state index contributed by atoms with van der Waals surface area (Å²) < 4.78 is 11.0. The molecule has 4 fully saturated rings. The number of nitrogens with two attached hydrogens (primary N) is 1. The van der Waals surface area contributed by atoms with Crippen molar-refractivity contribution in [2.24, 2.45) is 28.4 Å². The molecule has 4 N–H and O–H groups in total. The molecule has 208 valence electrons. The lowest BCUT2D eigenvalue weighted by molar-refractivity contribution is -0.137. The van der Waals surface area contributed by atoms with Gasteiger partial charge < -0.3 is 25.8 Å². The summed E-state index contributed by atoms with van der Waals surface area (Å²) >= 11 is 6.79. The Hall–Kier alpha value is -2.09. The van der Waals surface area contributed by atoms with Crippen LogP contribution in [0, 0.1) is 22.7 Å². The minimum Gasteiger partial charge on any atom is -0.466 e. The highest BCUT2D eigenvalue weighted by Gasteiger charge is 2.60. The molecule has 1 amide bonds. The number of carbonyl (C=O) groups is 2. The molecule has 1 heterocycles. The number of ether oxygens (including phenoxy) is 2. The largest absolute Gasteiger partial charge is 0.466 e. The fourth-order valence-corrected chi connectivity index (χ4v) is 9.32. The summed E-state index contributed by atoms with van der Waals surface area (Å²) in [6.45, 7) is 7.56. The zero-order valence-electron chi connectivity index (χ0n) is 23.2. The van der Waals surface area contributed by atoms with Crippen molar-refractivity contribution in [1.82, 2.24) is 10.6 Å². The van der Waals surface area contributed by atoms with Crippen molar-refractivity contribution in [2.75, 3.05) is 26.9 Å². The van der Waals surface area contributed by atoms with E-state index >= 15 is 0 Å². The first kappa shape index (κ1) is 27.5. The molecule has 0 aromatic heterocycles. The number of hydrogen-bond donors (Lipinski definition) is 3. The SMILES string of the molecule is COC(=O)C1=C(COCCN)NC(C)=C(C(=O)NC23CC4C[C@@](C)(C2)C[C@](C)(C4)C3)C1C1=C(Cl)CCC=C1. The first-order valence-electron chi connectivity index (χ1n) is 14.0. The van der Waals surface area contributed by atoms with Gasteiger partial charge >= 0.3 is 5.97 Å². The van der Waals surface area contributed by atoms with Crippen LogP contribution in [0.2, 0.25) is 0 Å². The molecule has 4 saturated carbocycles. The first-order valence-corrected chi connectivity index (χ1v) is 14.3. The average Bonchev–Trinajstić information content (AvgIpc) is 2.81. The second-order valence-electron chi connectivity index (χ2n) is 13.0. The third kappa shape index (κ3) is 4.98. The monoisotopic (exact) mass is 543 g/mol. The molecule has 0 aromatic rings. The number of nitrogens with one attached hydrogen (secondary N) is 2. The van der Waals surface area contributed by atoms with Crippen LogP contribution >= 0.6 is 11.6 Å². The zero-order chi connectivity index (χ0) is 27.3. The highest BCUT2D eigenvalue weighted by Crippen LogP contribution is 2.66. The number of hydrogen-bond acceptors (Lipinski definition) is 6. The van der Waals surface area contributed by atoms with Gasteiger partial charge in [0.15, 0.2) is 0 Å². The molecule has 4 bridgehead atoms. The fourth-order valence-electron chi connectivity index (χ4n) is 9.03. The number of methoxy groups -OCH3 is 1. The molecule has 0 aromatic carbocycles. The Kier molecular flexibility index (Phi) is 7.33. The highest BCUT2D eigenvalue weighted by molar-refractivity contribution is 6.30. The minimum absolute atomic E-state index is 0.131. The van der Waals surface area contributed by atoms with Crippen LogP contribution in [0.4, 0.5) is 0 Å². The molecule has 7 nitrogen and oxygen atoms in total. The first-order chi connectivity index (χ1) is 18.0. The molecule has 5 aliphatic carbocycles. The summed E-state index contributed by atoms with van der Waals surface area (Å²) in [5.74, 6) is -0.637. The van der Waals surface area contributed by atoms with E-state index in [1.165, 1.54) is 26.4 Å². The van der Waals surface area contributed by atoms with Crippen LogP contribution in [0.1, 0.15) is 72.1 Å². The average molecular weight is 544 g/mol. The van der Waals surface area contributed by atoms with E-state index in [1.54, 1.807) is 0 Å². The molecular formula is C30H42ClN3O4. The number of dihydropyridines is 1. The summed E-state index contributed by atoms with van der Waals surface area (Å²) in [5, 5.41) is 7.54. The van der Waals surface area contributed by atoms with Gasteiger partial charge in [0.25, 0.3) is 0 Å². The second kappa shape index (κ2) is 10.1. The Labute approximate surface area is 231 Å². The van der Waals surface area contributed by atoms with Gasteiger partial charge in [-0.25, -0.2) is 4.79 Å². The predicted molar refractivity (Wildman–Crippen MR) is 148 cm³/mol. The van der Waals surface area contributed by atoms with Gasteiger partial charge in [0.05, 0.1) is 37.5 Å². The molecule has 5 atom stereocenters. The van der Waals surface area contributed by atoms with Crippen molar-refractivity contribution in [3.8, 4) is 0 Å². The number of halogens is 1. The summed E-state index contributed by atoms with van der Waals surface area (Å²) in [4.78, 5) is 27.7. The molecule has 0 saturated heterocycles. The smallest absolute Gasteiger partial charge is 0.336 e. The van der Waals surface area contributed by atoms with Gasteiger partial charge in [-0.2, -0.15) is 0 Å². The van der Waals surface area contributed by atoms with E-state index < -0.39 is 11.9 Å². The summed E-state index contributed by atoms with van der Waals surface area (Å²) in [7, 11) is 1.36. The highest BCUT2D eigenvalue weighted by atomic mass is 35.5. The lowest BCUT2D eigenvalue weighted by Gasteiger charge is -2.65. The van der Waals surface area contributed by atoms with E-state index in [-0.39, 0.29) is 28.9 Å². The molecule has 0 radical (unpaired) electrons. The number of carbonyl (C=O) groups excluding carboxylic acids is 2. The van der Waals surface area contributed by atoms with Crippen LogP contribution in [0.15, 0.2) is 45.3 Å². The molecule has 3 unspecified atom stereocenters. The van der Waals surface area contributed by atoms with Crippen molar-refractivity contribution in [1.29, 1.82) is 0 Å². The minimum atomic E-state index is -0.649. The van der Waals surface area contributed by atoms with E-state index in [2.05, 4.69) is 24.5 Å². The van der Waals surface area contributed by atoms with Gasteiger partial charge in [0.1, 0.15) is 0 Å². The standard InChI is InChI=1S/C30H42ClN3O4/c1-18-23(26(35)34-30-13-19-11-28(2,16-30)15-29(3,12-19)17-30)24(20-7-5-6-8-21(20)31)25(27(36)37-4)22(33-18)14-38-10-9-32/h5,7,19,24,33H,6,8-17,32H2,1-4H3,(H,34,35)/t19?,24?,28-,29+,30?. The summed E-state index contributed by atoms with van der Waals surface area (Å²) in [6, 6.07) is 0. The Balaban J connectivity index is 1.54. The van der Waals surface area contributed by atoms with Crippen LogP contribution in [-0.2, 0) is 19.1 Å². The Morgan fingerprint density at radius 3 is 2.47 bits per heavy atom. The lowest BCUT2D eigenvalue weighted by atomic mass is 9.42. The van der Waals surface area contributed by atoms with Gasteiger partial charge in [-0.15, -0.1) is 0 Å². The Morgan fingerprint density at radius 2 is 1.87 bits per heavy atom. The molecular weight excluding hydrogens is 502 g/mol. The van der Waals surface area contributed by atoms with Gasteiger partial charge in [-0.3, -0.25) is 4.79 Å². The van der Waals surface area contributed by atoms with Crippen molar-refractivity contribution in [3.63, 3.8) is 0 Å². The maximum atomic E-state index is 14.4. The number of allylic oxidation sites excluding steroid dienone is 5. The molecule has 8 heteroatoms. The fraction of sp³-hybridized carbons (Fsp3) is 0.667. The van der Waals surface area contributed by atoms with E-state index in [0.29, 0.717) is 53.1 Å². The van der Waals surface area contributed by atoms with Crippen molar-refractivity contribution in [3.05, 3.63) is 45.3 Å². The summed E-state index contributed by atoms with van der Waals surface area (Å²) in [5.41, 5.74) is 8.86. The maximum absolute atomic E-state index is 14.4. The van der Waals surface area contributed by atoms with Crippen LogP contribution in [0.5, 0.6) is 0 Å². The lowest BCUT2D eigenvalue weighted by Crippen LogP contribution is -2.65. The Morgan fingerprint density at radius 1 is 1.16 bits per heavy atom.